The standard InChI is InChI=1S/C25H33N7O/c1-4-19-13-23(27-16-26-19)31-11-9-20(10-12-31)28-24-25(32-14-17(2)33-18(3)15-32)30-22-8-6-5-7-21(22)29-24/h5-8,13,16-18,20H,4,9-12,14-15H2,1-3H3,(H,28,29). The molecule has 0 amide bonds. The molecule has 8 heteroatoms. The summed E-state index contributed by atoms with van der Waals surface area (Å²) in [5, 5.41) is 3.75. The number of benzene rings is 1. The average Bonchev–Trinajstić information content (AvgIpc) is 2.83. The van der Waals surface area contributed by atoms with Crippen molar-refractivity contribution in [2.75, 3.05) is 41.3 Å². The van der Waals surface area contributed by atoms with Crippen molar-refractivity contribution in [1.29, 1.82) is 0 Å². The number of aryl methyl sites for hydroxylation is 1. The Labute approximate surface area is 195 Å². The van der Waals surface area contributed by atoms with E-state index in [0.717, 1.165) is 79.6 Å². The fourth-order valence-corrected chi connectivity index (χ4v) is 4.86. The molecule has 2 aromatic heterocycles. The average molecular weight is 448 g/mol. The number of ether oxygens (including phenoxy) is 1. The van der Waals surface area contributed by atoms with Crippen LogP contribution in [-0.4, -0.2) is 64.4 Å². The number of fused-ring (bicyclic) bond motifs is 1. The number of hydrogen-bond acceptors (Lipinski definition) is 8. The largest absolute Gasteiger partial charge is 0.372 e. The molecule has 2 aliphatic rings. The summed E-state index contributed by atoms with van der Waals surface area (Å²) in [6, 6.07) is 10.6. The van der Waals surface area contributed by atoms with Gasteiger partial charge in [-0.1, -0.05) is 19.1 Å². The molecule has 0 saturated carbocycles. The number of nitrogens with one attached hydrogen (secondary N) is 1. The van der Waals surface area contributed by atoms with E-state index in [2.05, 4.69) is 51.9 Å². The summed E-state index contributed by atoms with van der Waals surface area (Å²) < 4.78 is 5.96. The molecule has 4 heterocycles. The van der Waals surface area contributed by atoms with E-state index < -0.39 is 0 Å². The van der Waals surface area contributed by atoms with Crippen molar-refractivity contribution in [2.45, 2.75) is 58.3 Å². The van der Waals surface area contributed by atoms with Crippen LogP contribution in [0.4, 0.5) is 17.5 Å². The molecule has 0 spiro atoms. The number of aromatic nitrogens is 4. The van der Waals surface area contributed by atoms with Gasteiger partial charge in [0.1, 0.15) is 12.1 Å². The first-order valence-electron chi connectivity index (χ1n) is 12.1. The van der Waals surface area contributed by atoms with Crippen molar-refractivity contribution in [1.82, 2.24) is 19.9 Å². The van der Waals surface area contributed by atoms with Gasteiger partial charge in [-0.25, -0.2) is 19.9 Å². The summed E-state index contributed by atoms with van der Waals surface area (Å²) in [4.78, 5) is 23.5. The molecule has 5 rings (SSSR count). The molecule has 2 unspecified atom stereocenters. The molecule has 1 aromatic carbocycles. The van der Waals surface area contributed by atoms with Crippen LogP contribution in [0.25, 0.3) is 11.0 Å². The summed E-state index contributed by atoms with van der Waals surface area (Å²) in [7, 11) is 0. The van der Waals surface area contributed by atoms with Gasteiger partial charge in [0.2, 0.25) is 0 Å². The number of hydrogen-bond donors (Lipinski definition) is 1. The van der Waals surface area contributed by atoms with Crippen molar-refractivity contribution in [2.24, 2.45) is 0 Å². The third-order valence-corrected chi connectivity index (χ3v) is 6.50. The summed E-state index contributed by atoms with van der Waals surface area (Å²) in [6.45, 7) is 9.92. The maximum Gasteiger partial charge on any atom is 0.172 e. The predicted octanol–water partition coefficient (Wildman–Crippen LogP) is 3.68. The van der Waals surface area contributed by atoms with Crippen LogP contribution in [0.2, 0.25) is 0 Å². The highest BCUT2D eigenvalue weighted by Crippen LogP contribution is 2.30. The number of anilines is 3. The maximum atomic E-state index is 5.96. The Morgan fingerprint density at radius 2 is 1.67 bits per heavy atom. The fourth-order valence-electron chi connectivity index (χ4n) is 4.86. The number of rotatable bonds is 5. The van der Waals surface area contributed by atoms with Crippen molar-refractivity contribution in [3.63, 3.8) is 0 Å². The van der Waals surface area contributed by atoms with Crippen LogP contribution in [0.1, 0.15) is 39.3 Å². The minimum absolute atomic E-state index is 0.166. The summed E-state index contributed by atoms with van der Waals surface area (Å²) in [5.41, 5.74) is 2.93. The first-order valence-corrected chi connectivity index (χ1v) is 12.1. The van der Waals surface area contributed by atoms with Gasteiger partial charge in [0, 0.05) is 44.0 Å². The molecule has 0 radical (unpaired) electrons. The monoisotopic (exact) mass is 447 g/mol. The SMILES string of the molecule is CCc1cc(N2CCC(Nc3nc4ccccc4nc3N3CC(C)OC(C)C3)CC2)ncn1. The van der Waals surface area contributed by atoms with E-state index in [-0.39, 0.29) is 12.2 Å². The topological polar surface area (TPSA) is 79.3 Å². The molecule has 1 N–H and O–H groups in total. The van der Waals surface area contributed by atoms with Crippen molar-refractivity contribution in [3.05, 3.63) is 42.4 Å². The van der Waals surface area contributed by atoms with Gasteiger partial charge in [-0.2, -0.15) is 0 Å². The van der Waals surface area contributed by atoms with E-state index in [9.17, 15) is 0 Å². The Morgan fingerprint density at radius 3 is 2.36 bits per heavy atom. The van der Waals surface area contributed by atoms with Gasteiger partial charge in [-0.05, 0) is 45.2 Å². The minimum atomic E-state index is 0.166. The Hall–Kier alpha value is -3.00. The van der Waals surface area contributed by atoms with E-state index >= 15 is 0 Å². The second-order valence-corrected chi connectivity index (χ2v) is 9.17. The van der Waals surface area contributed by atoms with Crippen LogP contribution in [0.15, 0.2) is 36.7 Å². The molecule has 0 bridgehead atoms. The van der Waals surface area contributed by atoms with Gasteiger partial charge < -0.3 is 19.9 Å². The molecule has 2 atom stereocenters. The lowest BCUT2D eigenvalue weighted by atomic mass is 10.0. The normalized spacial score (nSPS) is 22.0. The zero-order chi connectivity index (χ0) is 22.8. The molecule has 174 valence electrons. The van der Waals surface area contributed by atoms with E-state index in [1.165, 1.54) is 0 Å². The van der Waals surface area contributed by atoms with E-state index in [4.69, 9.17) is 14.7 Å². The van der Waals surface area contributed by atoms with Crippen LogP contribution in [-0.2, 0) is 11.2 Å². The molecule has 2 aliphatic heterocycles. The molecular weight excluding hydrogens is 414 g/mol. The Morgan fingerprint density at radius 1 is 0.970 bits per heavy atom. The quantitative estimate of drug-likeness (QED) is 0.635. The highest BCUT2D eigenvalue weighted by Gasteiger charge is 2.28. The molecule has 33 heavy (non-hydrogen) atoms. The van der Waals surface area contributed by atoms with E-state index in [1.54, 1.807) is 6.33 Å². The Kier molecular flexibility index (Phi) is 6.26. The summed E-state index contributed by atoms with van der Waals surface area (Å²) in [5.74, 6) is 2.84. The van der Waals surface area contributed by atoms with Crippen LogP contribution in [0.5, 0.6) is 0 Å². The number of para-hydroxylation sites is 2. The highest BCUT2D eigenvalue weighted by molar-refractivity contribution is 5.80. The van der Waals surface area contributed by atoms with Crippen molar-refractivity contribution < 1.29 is 4.74 Å². The van der Waals surface area contributed by atoms with Gasteiger partial charge in [0.05, 0.1) is 23.2 Å². The third-order valence-electron chi connectivity index (χ3n) is 6.50. The van der Waals surface area contributed by atoms with Crippen LogP contribution in [0, 0.1) is 0 Å². The van der Waals surface area contributed by atoms with E-state index in [1.807, 2.05) is 24.3 Å². The first-order chi connectivity index (χ1) is 16.1. The molecule has 2 fully saturated rings. The summed E-state index contributed by atoms with van der Waals surface area (Å²) >= 11 is 0. The molecule has 8 nitrogen and oxygen atoms in total. The highest BCUT2D eigenvalue weighted by atomic mass is 16.5. The second kappa shape index (κ2) is 9.47. The molecule has 0 aliphatic carbocycles. The van der Waals surface area contributed by atoms with Crippen LogP contribution in [0.3, 0.4) is 0 Å². The lowest BCUT2D eigenvalue weighted by Crippen LogP contribution is -2.46. The van der Waals surface area contributed by atoms with Crippen molar-refractivity contribution in [3.8, 4) is 0 Å². The van der Waals surface area contributed by atoms with E-state index in [0.29, 0.717) is 6.04 Å². The molecule has 3 aromatic rings. The van der Waals surface area contributed by atoms with Gasteiger partial charge in [-0.15, -0.1) is 0 Å². The molecule has 2 saturated heterocycles. The zero-order valence-corrected chi connectivity index (χ0v) is 19.7. The van der Waals surface area contributed by atoms with Gasteiger partial charge in [0.25, 0.3) is 0 Å². The lowest BCUT2D eigenvalue weighted by molar-refractivity contribution is -0.00541. The van der Waals surface area contributed by atoms with Gasteiger partial charge in [-0.3, -0.25) is 0 Å². The fraction of sp³-hybridized carbons (Fsp3) is 0.520. The zero-order valence-electron chi connectivity index (χ0n) is 19.7. The predicted molar refractivity (Wildman–Crippen MR) is 132 cm³/mol. The number of nitrogens with zero attached hydrogens (tertiary/aromatic N) is 6. The van der Waals surface area contributed by atoms with Crippen LogP contribution < -0.4 is 15.1 Å². The number of morpholine rings is 1. The van der Waals surface area contributed by atoms with Gasteiger partial charge in [0.15, 0.2) is 11.6 Å². The third kappa shape index (κ3) is 4.85. The first kappa shape index (κ1) is 21.8. The van der Waals surface area contributed by atoms with Gasteiger partial charge >= 0.3 is 0 Å². The minimum Gasteiger partial charge on any atom is -0.372 e. The Balaban J connectivity index is 1.35. The Bertz CT molecular complexity index is 1090. The maximum absolute atomic E-state index is 5.96. The second-order valence-electron chi connectivity index (χ2n) is 9.17. The van der Waals surface area contributed by atoms with Crippen LogP contribution >= 0.6 is 0 Å². The number of piperidine rings is 1. The summed E-state index contributed by atoms with van der Waals surface area (Å²) in [6.07, 6.45) is 4.98. The van der Waals surface area contributed by atoms with Crippen molar-refractivity contribution >= 4 is 28.5 Å². The smallest absolute Gasteiger partial charge is 0.172 e. The lowest BCUT2D eigenvalue weighted by Gasteiger charge is -2.38. The molecular formula is C25H33N7O.